The van der Waals surface area contributed by atoms with Gasteiger partial charge < -0.3 is 5.73 Å². The van der Waals surface area contributed by atoms with Crippen molar-refractivity contribution in [3.05, 3.63) is 42.1 Å². The number of benzene rings is 1. The van der Waals surface area contributed by atoms with Crippen molar-refractivity contribution < 1.29 is 0 Å². The maximum Gasteiger partial charge on any atom is 0.0702 e. The molecule has 1 saturated carbocycles. The minimum Gasteiger partial charge on any atom is -0.321 e. The number of nitrogens with zero attached hydrogens (tertiary/aromatic N) is 1. The molecule has 3 rings (SSSR count). The van der Waals surface area contributed by atoms with Crippen LogP contribution in [-0.2, 0) is 5.54 Å². The van der Waals surface area contributed by atoms with E-state index in [1.165, 1.54) is 30.2 Å². The predicted octanol–water partition coefficient (Wildman–Crippen LogP) is 4.38. The highest BCUT2D eigenvalue weighted by Crippen LogP contribution is 2.41. The highest BCUT2D eigenvalue weighted by Gasteiger charge is 2.33. The van der Waals surface area contributed by atoms with Gasteiger partial charge in [0.2, 0.25) is 0 Å². The summed E-state index contributed by atoms with van der Waals surface area (Å²) in [5.41, 5.74) is 9.36. The first-order valence-corrected chi connectivity index (χ1v) is 7.63. The average molecular weight is 268 g/mol. The van der Waals surface area contributed by atoms with Gasteiger partial charge in [0, 0.05) is 17.1 Å². The third-order valence-electron chi connectivity index (χ3n) is 4.90. The molecule has 0 amide bonds. The van der Waals surface area contributed by atoms with Crippen LogP contribution in [0, 0.1) is 5.41 Å². The van der Waals surface area contributed by atoms with E-state index in [9.17, 15) is 0 Å². The van der Waals surface area contributed by atoms with Gasteiger partial charge in [-0.1, -0.05) is 32.4 Å². The van der Waals surface area contributed by atoms with Gasteiger partial charge in [0.1, 0.15) is 0 Å². The smallest absolute Gasteiger partial charge is 0.0702 e. The summed E-state index contributed by atoms with van der Waals surface area (Å²) in [6, 6.07) is 10.6. The van der Waals surface area contributed by atoms with E-state index in [0.29, 0.717) is 5.41 Å². The summed E-state index contributed by atoms with van der Waals surface area (Å²) in [4.78, 5) is 4.39. The molecule has 1 unspecified atom stereocenters. The van der Waals surface area contributed by atoms with Crippen LogP contribution >= 0.6 is 0 Å². The maximum atomic E-state index is 6.77. The highest BCUT2D eigenvalue weighted by atomic mass is 14.7. The summed E-state index contributed by atoms with van der Waals surface area (Å²) in [6.45, 7) is 4.73. The topological polar surface area (TPSA) is 38.9 Å². The lowest BCUT2D eigenvalue weighted by molar-refractivity contribution is 0.299. The summed E-state index contributed by atoms with van der Waals surface area (Å²) in [7, 11) is 0. The minimum absolute atomic E-state index is 0.169. The molecule has 1 heterocycles. The lowest BCUT2D eigenvalue weighted by atomic mass is 9.81. The number of nitrogens with two attached hydrogens (primary N) is 1. The number of pyridine rings is 1. The van der Waals surface area contributed by atoms with Crippen LogP contribution in [0.4, 0.5) is 0 Å². The van der Waals surface area contributed by atoms with E-state index in [1.807, 2.05) is 12.3 Å². The zero-order valence-electron chi connectivity index (χ0n) is 12.5. The molecule has 2 heteroatoms. The van der Waals surface area contributed by atoms with E-state index in [-0.39, 0.29) is 5.54 Å². The summed E-state index contributed by atoms with van der Waals surface area (Å²) in [6.07, 6.45) is 7.70. The van der Waals surface area contributed by atoms with Crippen molar-refractivity contribution in [3.63, 3.8) is 0 Å². The lowest BCUT2D eigenvalue weighted by Gasteiger charge is -2.30. The molecular formula is C18H24N2. The largest absolute Gasteiger partial charge is 0.321 e. The molecule has 1 aliphatic rings. The molecule has 2 nitrogen and oxygen atoms in total. The molecule has 0 saturated heterocycles. The van der Waals surface area contributed by atoms with E-state index < -0.39 is 0 Å². The number of hydrogen-bond acceptors (Lipinski definition) is 2. The van der Waals surface area contributed by atoms with Gasteiger partial charge in [0.05, 0.1) is 5.52 Å². The fourth-order valence-corrected chi connectivity index (χ4v) is 3.37. The van der Waals surface area contributed by atoms with Crippen molar-refractivity contribution in [1.29, 1.82) is 0 Å². The third kappa shape index (κ3) is 2.57. The molecule has 0 aliphatic heterocycles. The lowest BCUT2D eigenvalue weighted by Crippen LogP contribution is -2.36. The minimum atomic E-state index is -0.169. The molecule has 1 aromatic heterocycles. The van der Waals surface area contributed by atoms with E-state index in [0.717, 1.165) is 18.4 Å². The van der Waals surface area contributed by atoms with E-state index >= 15 is 0 Å². The molecular weight excluding hydrogens is 244 g/mol. The molecule has 1 atom stereocenters. The molecule has 0 bridgehead atoms. The first kappa shape index (κ1) is 13.6. The third-order valence-corrected chi connectivity index (χ3v) is 4.90. The van der Waals surface area contributed by atoms with Gasteiger partial charge in [-0.15, -0.1) is 0 Å². The van der Waals surface area contributed by atoms with Crippen LogP contribution in [0.2, 0.25) is 0 Å². The summed E-state index contributed by atoms with van der Waals surface area (Å²) >= 11 is 0. The van der Waals surface area contributed by atoms with Crippen molar-refractivity contribution in [2.24, 2.45) is 11.1 Å². The Bertz CT molecular complexity index is 618. The Balaban J connectivity index is 1.96. The molecule has 20 heavy (non-hydrogen) atoms. The Hall–Kier alpha value is -1.41. The maximum absolute atomic E-state index is 6.77. The standard InChI is InChI=1S/C18H24N2/c1-17(2)8-4-9-18(19,11-10-17)15-6-7-16-14(13-15)5-3-12-20-16/h3,5-7,12-13H,4,8-11,19H2,1-2H3. The summed E-state index contributed by atoms with van der Waals surface area (Å²) in [5, 5.41) is 1.19. The monoisotopic (exact) mass is 268 g/mol. The van der Waals surface area contributed by atoms with Crippen LogP contribution in [0.1, 0.15) is 51.5 Å². The molecule has 1 fully saturated rings. The second kappa shape index (κ2) is 4.85. The van der Waals surface area contributed by atoms with Crippen molar-refractivity contribution in [3.8, 4) is 0 Å². The fraction of sp³-hybridized carbons (Fsp3) is 0.500. The molecule has 1 aromatic carbocycles. The van der Waals surface area contributed by atoms with Gasteiger partial charge in [0.25, 0.3) is 0 Å². The van der Waals surface area contributed by atoms with Gasteiger partial charge in [-0.05, 0) is 54.9 Å². The summed E-state index contributed by atoms with van der Waals surface area (Å²) in [5.74, 6) is 0. The summed E-state index contributed by atoms with van der Waals surface area (Å²) < 4.78 is 0. The number of hydrogen-bond donors (Lipinski definition) is 1. The van der Waals surface area contributed by atoms with Crippen molar-refractivity contribution in [1.82, 2.24) is 4.98 Å². The highest BCUT2D eigenvalue weighted by molar-refractivity contribution is 5.79. The Kier molecular flexibility index (Phi) is 3.29. The Morgan fingerprint density at radius 3 is 2.75 bits per heavy atom. The average Bonchev–Trinajstić information content (AvgIpc) is 2.58. The van der Waals surface area contributed by atoms with Gasteiger partial charge in [0.15, 0.2) is 0 Å². The van der Waals surface area contributed by atoms with E-state index in [2.05, 4.69) is 43.1 Å². The fourth-order valence-electron chi connectivity index (χ4n) is 3.37. The first-order chi connectivity index (χ1) is 9.49. The number of fused-ring (bicyclic) bond motifs is 1. The number of rotatable bonds is 1. The molecule has 0 radical (unpaired) electrons. The van der Waals surface area contributed by atoms with Crippen molar-refractivity contribution in [2.45, 2.75) is 51.5 Å². The zero-order chi connectivity index (χ0) is 14.2. The second-order valence-electron chi connectivity index (χ2n) is 7.08. The van der Waals surface area contributed by atoms with Crippen LogP contribution in [0.3, 0.4) is 0 Å². The van der Waals surface area contributed by atoms with Gasteiger partial charge in [-0.3, -0.25) is 4.98 Å². The Labute approximate surface area is 121 Å². The van der Waals surface area contributed by atoms with Crippen LogP contribution in [-0.4, -0.2) is 4.98 Å². The predicted molar refractivity (Wildman–Crippen MR) is 84.5 cm³/mol. The van der Waals surface area contributed by atoms with Crippen molar-refractivity contribution in [2.75, 3.05) is 0 Å². The van der Waals surface area contributed by atoms with Crippen LogP contribution in [0.15, 0.2) is 36.5 Å². The number of aromatic nitrogens is 1. The quantitative estimate of drug-likeness (QED) is 0.780. The SMILES string of the molecule is CC1(C)CCCC(N)(c2ccc3ncccc3c2)CC1. The molecule has 1 aliphatic carbocycles. The van der Waals surface area contributed by atoms with Crippen LogP contribution < -0.4 is 5.73 Å². The normalized spacial score (nSPS) is 26.4. The molecule has 2 N–H and O–H groups in total. The van der Waals surface area contributed by atoms with E-state index in [4.69, 9.17) is 5.73 Å². The zero-order valence-corrected chi connectivity index (χ0v) is 12.5. The molecule has 0 spiro atoms. The van der Waals surface area contributed by atoms with Crippen LogP contribution in [0.5, 0.6) is 0 Å². The van der Waals surface area contributed by atoms with E-state index in [1.54, 1.807) is 0 Å². The Morgan fingerprint density at radius 1 is 1.05 bits per heavy atom. The van der Waals surface area contributed by atoms with Gasteiger partial charge in [-0.2, -0.15) is 0 Å². The van der Waals surface area contributed by atoms with Gasteiger partial charge in [-0.25, -0.2) is 0 Å². The first-order valence-electron chi connectivity index (χ1n) is 7.63. The molecule has 106 valence electrons. The van der Waals surface area contributed by atoms with Crippen LogP contribution in [0.25, 0.3) is 10.9 Å². The van der Waals surface area contributed by atoms with Gasteiger partial charge >= 0.3 is 0 Å². The Morgan fingerprint density at radius 2 is 1.90 bits per heavy atom. The second-order valence-corrected chi connectivity index (χ2v) is 7.08. The molecule has 2 aromatic rings. The van der Waals surface area contributed by atoms with Crippen molar-refractivity contribution >= 4 is 10.9 Å².